The molecule has 22 heavy (non-hydrogen) atoms. The van der Waals surface area contributed by atoms with Gasteiger partial charge in [-0.2, -0.15) is 0 Å². The maximum Gasteiger partial charge on any atom is 0.307 e. The zero-order chi connectivity index (χ0) is 15.7. The normalized spacial score (nSPS) is 14.1. The molecule has 0 bridgehead atoms. The topological polar surface area (TPSA) is 61.2 Å². The van der Waals surface area contributed by atoms with Crippen molar-refractivity contribution in [1.29, 1.82) is 0 Å². The molecule has 0 radical (unpaired) electrons. The second kappa shape index (κ2) is 6.20. The highest BCUT2D eigenvalue weighted by molar-refractivity contribution is 7.18. The van der Waals surface area contributed by atoms with Crippen molar-refractivity contribution in [2.24, 2.45) is 0 Å². The lowest BCUT2D eigenvalue weighted by atomic mass is 9.97. The number of thiophene rings is 1. The van der Waals surface area contributed by atoms with Crippen LogP contribution in [0.1, 0.15) is 42.5 Å². The number of aryl methyl sites for hydroxylation is 3. The van der Waals surface area contributed by atoms with Crippen LogP contribution in [-0.2, 0) is 28.9 Å². The van der Waals surface area contributed by atoms with Crippen LogP contribution in [0.15, 0.2) is 4.79 Å². The molecule has 1 aliphatic carbocycles. The van der Waals surface area contributed by atoms with E-state index in [1.807, 2.05) is 6.92 Å². The number of esters is 1. The number of rotatable bonds is 4. The third-order valence-corrected chi connectivity index (χ3v) is 5.30. The Hall–Kier alpha value is -1.69. The van der Waals surface area contributed by atoms with Gasteiger partial charge in [0, 0.05) is 11.4 Å². The van der Waals surface area contributed by atoms with E-state index >= 15 is 0 Å². The molecule has 5 nitrogen and oxygen atoms in total. The molecule has 3 rings (SSSR count). The minimum atomic E-state index is -0.277. The third-order valence-electron chi connectivity index (χ3n) is 4.11. The van der Waals surface area contributed by atoms with Gasteiger partial charge in [-0.1, -0.05) is 0 Å². The Morgan fingerprint density at radius 3 is 2.91 bits per heavy atom. The molecule has 0 unspecified atom stereocenters. The second-order valence-electron chi connectivity index (χ2n) is 5.56. The Labute approximate surface area is 132 Å². The fourth-order valence-electron chi connectivity index (χ4n) is 3.04. The first-order chi connectivity index (χ1) is 10.6. The van der Waals surface area contributed by atoms with E-state index in [1.165, 1.54) is 16.9 Å². The van der Waals surface area contributed by atoms with Crippen LogP contribution in [-0.4, -0.2) is 22.1 Å². The van der Waals surface area contributed by atoms with Crippen molar-refractivity contribution in [2.45, 2.75) is 52.5 Å². The van der Waals surface area contributed by atoms with Gasteiger partial charge in [0.2, 0.25) is 0 Å². The van der Waals surface area contributed by atoms with Gasteiger partial charge in [-0.3, -0.25) is 14.2 Å². The highest BCUT2D eigenvalue weighted by atomic mass is 32.1. The van der Waals surface area contributed by atoms with Crippen LogP contribution in [0.3, 0.4) is 0 Å². The van der Waals surface area contributed by atoms with E-state index in [1.54, 1.807) is 22.8 Å². The van der Waals surface area contributed by atoms with Gasteiger partial charge in [-0.25, -0.2) is 4.98 Å². The van der Waals surface area contributed by atoms with Crippen molar-refractivity contribution < 1.29 is 9.53 Å². The first kappa shape index (κ1) is 15.2. The molecule has 0 aliphatic heterocycles. The number of aromatic nitrogens is 2. The van der Waals surface area contributed by atoms with Gasteiger partial charge < -0.3 is 4.74 Å². The average molecular weight is 320 g/mol. The highest BCUT2D eigenvalue weighted by Gasteiger charge is 2.21. The predicted octanol–water partition coefficient (Wildman–Crippen LogP) is 2.60. The van der Waals surface area contributed by atoms with E-state index in [-0.39, 0.29) is 17.9 Å². The molecule has 1 aliphatic rings. The lowest BCUT2D eigenvalue weighted by molar-refractivity contribution is -0.143. The zero-order valence-electron chi connectivity index (χ0n) is 13.0. The molecule has 0 aromatic carbocycles. The van der Waals surface area contributed by atoms with Gasteiger partial charge >= 0.3 is 5.97 Å². The van der Waals surface area contributed by atoms with Gasteiger partial charge in [-0.15, -0.1) is 11.3 Å². The summed E-state index contributed by atoms with van der Waals surface area (Å²) in [7, 11) is 0. The summed E-state index contributed by atoms with van der Waals surface area (Å²) >= 11 is 1.65. The molecule has 2 aromatic heterocycles. The van der Waals surface area contributed by atoms with Gasteiger partial charge in [0.05, 0.1) is 18.4 Å². The maximum atomic E-state index is 12.8. The van der Waals surface area contributed by atoms with E-state index < -0.39 is 0 Å². The molecular formula is C16H20N2O3S. The number of carbonyl (C=O) groups excluding carboxylic acids is 1. The standard InChI is InChI=1S/C16H20N2O3S/c1-3-21-13(19)8-9-18-10(2)17-15-14(16(18)20)11-6-4-5-7-12(11)22-15/h3-9H2,1-2H3. The highest BCUT2D eigenvalue weighted by Crippen LogP contribution is 2.33. The molecule has 0 amide bonds. The summed E-state index contributed by atoms with van der Waals surface area (Å²) in [5.74, 6) is 0.390. The van der Waals surface area contributed by atoms with Crippen LogP contribution in [0.5, 0.6) is 0 Å². The van der Waals surface area contributed by atoms with Crippen molar-refractivity contribution in [3.8, 4) is 0 Å². The molecule has 0 spiro atoms. The Balaban J connectivity index is 2.00. The van der Waals surface area contributed by atoms with Crippen LogP contribution in [0.25, 0.3) is 10.2 Å². The quantitative estimate of drug-likeness (QED) is 0.813. The zero-order valence-corrected chi connectivity index (χ0v) is 13.8. The van der Waals surface area contributed by atoms with Crippen LogP contribution < -0.4 is 5.56 Å². The summed E-state index contributed by atoms with van der Waals surface area (Å²) in [6.45, 7) is 4.30. The number of fused-ring (bicyclic) bond motifs is 3. The minimum absolute atomic E-state index is 0.00815. The van der Waals surface area contributed by atoms with Gasteiger partial charge in [-0.05, 0) is 45.1 Å². The average Bonchev–Trinajstić information content (AvgIpc) is 2.85. The number of hydrogen-bond acceptors (Lipinski definition) is 5. The van der Waals surface area contributed by atoms with Gasteiger partial charge in [0.15, 0.2) is 0 Å². The number of nitrogens with zero attached hydrogens (tertiary/aromatic N) is 2. The summed E-state index contributed by atoms with van der Waals surface area (Å²) in [4.78, 5) is 31.1. The summed E-state index contributed by atoms with van der Waals surface area (Å²) in [6, 6.07) is 0. The van der Waals surface area contributed by atoms with Crippen molar-refractivity contribution in [3.05, 3.63) is 26.6 Å². The molecule has 0 N–H and O–H groups in total. The van der Waals surface area contributed by atoms with E-state index in [2.05, 4.69) is 4.98 Å². The summed E-state index contributed by atoms with van der Waals surface area (Å²) in [5, 5.41) is 0.772. The number of hydrogen-bond donors (Lipinski definition) is 0. The monoisotopic (exact) mass is 320 g/mol. The van der Waals surface area contributed by atoms with Crippen molar-refractivity contribution in [2.75, 3.05) is 6.61 Å². The van der Waals surface area contributed by atoms with E-state index in [0.717, 1.165) is 29.5 Å². The molecule has 6 heteroatoms. The molecule has 2 heterocycles. The van der Waals surface area contributed by atoms with Crippen molar-refractivity contribution in [3.63, 3.8) is 0 Å². The number of carbonyl (C=O) groups is 1. The van der Waals surface area contributed by atoms with Crippen molar-refractivity contribution in [1.82, 2.24) is 9.55 Å². The van der Waals surface area contributed by atoms with Crippen molar-refractivity contribution >= 4 is 27.5 Å². The smallest absolute Gasteiger partial charge is 0.307 e. The largest absolute Gasteiger partial charge is 0.466 e. The van der Waals surface area contributed by atoms with Gasteiger partial charge in [0.25, 0.3) is 5.56 Å². The predicted molar refractivity (Wildman–Crippen MR) is 86.5 cm³/mol. The Morgan fingerprint density at radius 1 is 1.36 bits per heavy atom. The molecule has 118 valence electrons. The third kappa shape index (κ3) is 2.67. The Kier molecular flexibility index (Phi) is 4.29. The van der Waals surface area contributed by atoms with E-state index in [4.69, 9.17) is 4.74 Å². The van der Waals surface area contributed by atoms with Crippen LogP contribution >= 0.6 is 11.3 Å². The fourth-order valence-corrected chi connectivity index (χ4v) is 4.34. The molecule has 0 saturated heterocycles. The molecular weight excluding hydrogens is 300 g/mol. The lowest BCUT2D eigenvalue weighted by Crippen LogP contribution is -2.25. The summed E-state index contributed by atoms with van der Waals surface area (Å²) < 4.78 is 6.55. The fraction of sp³-hybridized carbons (Fsp3) is 0.562. The molecule has 0 atom stereocenters. The SMILES string of the molecule is CCOC(=O)CCn1c(C)nc2sc3c(c2c1=O)CCCC3. The Bertz CT molecular complexity index is 776. The van der Waals surface area contributed by atoms with E-state index in [0.29, 0.717) is 19.0 Å². The summed E-state index contributed by atoms with van der Waals surface area (Å²) in [5.41, 5.74) is 1.18. The second-order valence-corrected chi connectivity index (χ2v) is 6.65. The summed E-state index contributed by atoms with van der Waals surface area (Å²) in [6.07, 6.45) is 4.55. The van der Waals surface area contributed by atoms with E-state index in [9.17, 15) is 9.59 Å². The lowest BCUT2D eigenvalue weighted by Gasteiger charge is -2.11. The molecule has 0 fully saturated rings. The van der Waals surface area contributed by atoms with Crippen LogP contribution in [0.2, 0.25) is 0 Å². The molecule has 0 saturated carbocycles. The van der Waals surface area contributed by atoms with Gasteiger partial charge in [0.1, 0.15) is 10.7 Å². The number of ether oxygens (including phenoxy) is 1. The first-order valence-electron chi connectivity index (χ1n) is 7.79. The first-order valence-corrected chi connectivity index (χ1v) is 8.60. The molecule has 2 aromatic rings. The minimum Gasteiger partial charge on any atom is -0.466 e. The van der Waals surface area contributed by atoms with Crippen LogP contribution in [0.4, 0.5) is 0 Å². The maximum absolute atomic E-state index is 12.8. The Morgan fingerprint density at radius 2 is 2.14 bits per heavy atom. The van der Waals surface area contributed by atoms with Crippen LogP contribution in [0, 0.1) is 6.92 Å².